The lowest BCUT2D eigenvalue weighted by Gasteiger charge is -2.10. The van der Waals surface area contributed by atoms with Gasteiger partial charge in [0.15, 0.2) is 0 Å². The molecule has 3 N–H and O–H groups in total. The number of anilines is 2. The van der Waals surface area contributed by atoms with Crippen molar-refractivity contribution in [3.8, 4) is 17.3 Å². The Balaban J connectivity index is 1.70. The third-order valence-corrected chi connectivity index (χ3v) is 4.71. The molecule has 26 heavy (non-hydrogen) atoms. The van der Waals surface area contributed by atoms with Crippen LogP contribution < -0.4 is 11.1 Å². The molecule has 6 heteroatoms. The number of rotatable bonds is 3. The van der Waals surface area contributed by atoms with E-state index in [1.54, 1.807) is 12.3 Å². The number of aryl methyl sites for hydroxylation is 1. The highest BCUT2D eigenvalue weighted by molar-refractivity contribution is 5.98. The van der Waals surface area contributed by atoms with Gasteiger partial charge in [0.25, 0.3) is 0 Å². The summed E-state index contributed by atoms with van der Waals surface area (Å²) in [5.74, 6) is 0.278. The molecule has 1 aliphatic rings. The van der Waals surface area contributed by atoms with Crippen LogP contribution in [0.15, 0.2) is 42.6 Å². The molecule has 1 saturated carbocycles. The Morgan fingerprint density at radius 1 is 1.35 bits per heavy atom. The molecule has 128 valence electrons. The largest absolute Gasteiger partial charge is 0.383 e. The van der Waals surface area contributed by atoms with Gasteiger partial charge in [0.1, 0.15) is 11.6 Å². The van der Waals surface area contributed by atoms with E-state index in [0.717, 1.165) is 27.6 Å². The fourth-order valence-electron chi connectivity index (χ4n) is 3.09. The number of pyridine rings is 2. The second-order valence-electron chi connectivity index (χ2n) is 6.57. The maximum Gasteiger partial charge on any atom is 0.230 e. The average Bonchev–Trinajstić information content (AvgIpc) is 3.42. The molecule has 6 nitrogen and oxygen atoms in total. The van der Waals surface area contributed by atoms with Gasteiger partial charge in [-0.25, -0.2) is 9.97 Å². The summed E-state index contributed by atoms with van der Waals surface area (Å²) in [7, 11) is 0. The van der Waals surface area contributed by atoms with Crippen molar-refractivity contribution in [2.75, 3.05) is 11.1 Å². The van der Waals surface area contributed by atoms with Gasteiger partial charge in [-0.05, 0) is 36.4 Å². The summed E-state index contributed by atoms with van der Waals surface area (Å²) in [4.78, 5) is 20.9. The Morgan fingerprint density at radius 3 is 2.88 bits per heavy atom. The Kier molecular flexibility index (Phi) is 3.77. The molecule has 0 unspecified atom stereocenters. The zero-order valence-corrected chi connectivity index (χ0v) is 14.2. The highest BCUT2D eigenvalue weighted by Crippen LogP contribution is 2.38. The Hall–Kier alpha value is -3.46. The van der Waals surface area contributed by atoms with Crippen LogP contribution >= 0.6 is 0 Å². The third kappa shape index (κ3) is 2.84. The number of aromatic nitrogens is 2. The molecule has 0 spiro atoms. The molecule has 1 aliphatic carbocycles. The Morgan fingerprint density at radius 2 is 2.15 bits per heavy atom. The van der Waals surface area contributed by atoms with Gasteiger partial charge in [0.2, 0.25) is 5.91 Å². The molecule has 3 aromatic rings. The molecule has 0 bridgehead atoms. The summed E-state index contributed by atoms with van der Waals surface area (Å²) in [6, 6.07) is 13.8. The van der Waals surface area contributed by atoms with E-state index in [2.05, 4.69) is 21.4 Å². The lowest BCUT2D eigenvalue weighted by Crippen LogP contribution is -2.15. The first-order valence-corrected chi connectivity index (χ1v) is 8.39. The van der Waals surface area contributed by atoms with Crippen molar-refractivity contribution in [2.45, 2.75) is 13.3 Å². The SMILES string of the molecule is Cc1ccccc1-c1cc2cc(NC(=O)[C@H]3C[C@@H]3C#N)ncc2c(N)n1. The van der Waals surface area contributed by atoms with E-state index in [0.29, 0.717) is 18.1 Å². The lowest BCUT2D eigenvalue weighted by molar-refractivity contribution is -0.117. The number of nitrogens with zero attached hydrogens (tertiary/aromatic N) is 3. The smallest absolute Gasteiger partial charge is 0.230 e. The number of nitrogen functional groups attached to an aromatic ring is 1. The minimum Gasteiger partial charge on any atom is -0.383 e. The van der Waals surface area contributed by atoms with Gasteiger partial charge in [0, 0.05) is 17.1 Å². The summed E-state index contributed by atoms with van der Waals surface area (Å²) < 4.78 is 0. The average molecular weight is 343 g/mol. The van der Waals surface area contributed by atoms with E-state index in [1.807, 2.05) is 37.3 Å². The molecule has 2 atom stereocenters. The van der Waals surface area contributed by atoms with Crippen molar-refractivity contribution in [2.24, 2.45) is 11.8 Å². The van der Waals surface area contributed by atoms with Gasteiger partial charge in [-0.1, -0.05) is 24.3 Å². The van der Waals surface area contributed by atoms with Crippen LogP contribution in [-0.2, 0) is 4.79 Å². The number of hydrogen-bond donors (Lipinski definition) is 2. The molecular formula is C20H17N5O. The monoisotopic (exact) mass is 343 g/mol. The third-order valence-electron chi connectivity index (χ3n) is 4.71. The number of benzene rings is 1. The summed E-state index contributed by atoms with van der Waals surface area (Å²) >= 11 is 0. The number of hydrogen-bond acceptors (Lipinski definition) is 5. The first-order valence-electron chi connectivity index (χ1n) is 8.39. The van der Waals surface area contributed by atoms with E-state index in [1.165, 1.54) is 0 Å². The number of amides is 1. The van der Waals surface area contributed by atoms with Crippen molar-refractivity contribution >= 4 is 28.3 Å². The van der Waals surface area contributed by atoms with E-state index in [9.17, 15) is 4.79 Å². The fraction of sp³-hybridized carbons (Fsp3) is 0.200. The van der Waals surface area contributed by atoms with E-state index in [4.69, 9.17) is 11.0 Å². The quantitative estimate of drug-likeness (QED) is 0.759. The molecule has 2 aromatic heterocycles. The molecule has 0 saturated heterocycles. The summed E-state index contributed by atoms with van der Waals surface area (Å²) in [5, 5.41) is 13.2. The second kappa shape index (κ2) is 6.12. The van der Waals surface area contributed by atoms with Crippen LogP contribution in [0.2, 0.25) is 0 Å². The second-order valence-corrected chi connectivity index (χ2v) is 6.57. The number of carbonyl (C=O) groups excluding carboxylic acids is 1. The minimum absolute atomic E-state index is 0.162. The van der Waals surface area contributed by atoms with Crippen LogP contribution in [0.25, 0.3) is 22.0 Å². The van der Waals surface area contributed by atoms with Crippen molar-refractivity contribution in [1.29, 1.82) is 5.26 Å². The van der Waals surface area contributed by atoms with Crippen LogP contribution in [0.5, 0.6) is 0 Å². The molecule has 1 fully saturated rings. The topological polar surface area (TPSA) is 105 Å². The predicted molar refractivity (Wildman–Crippen MR) is 100.0 cm³/mol. The van der Waals surface area contributed by atoms with Crippen molar-refractivity contribution in [1.82, 2.24) is 9.97 Å². The summed E-state index contributed by atoms with van der Waals surface area (Å²) in [6.45, 7) is 2.02. The Labute approximate surface area is 150 Å². The molecule has 4 rings (SSSR count). The summed E-state index contributed by atoms with van der Waals surface area (Å²) in [5.41, 5.74) is 9.02. The number of nitriles is 1. The number of fused-ring (bicyclic) bond motifs is 1. The highest BCUT2D eigenvalue weighted by Gasteiger charge is 2.43. The Bertz CT molecular complexity index is 1070. The maximum absolute atomic E-state index is 12.1. The van der Waals surface area contributed by atoms with Crippen LogP contribution in [0.4, 0.5) is 11.6 Å². The first kappa shape index (κ1) is 16.0. The first-order chi connectivity index (χ1) is 12.6. The van der Waals surface area contributed by atoms with Crippen molar-refractivity contribution in [3.05, 3.63) is 48.2 Å². The van der Waals surface area contributed by atoms with Crippen LogP contribution in [0.3, 0.4) is 0 Å². The van der Waals surface area contributed by atoms with E-state index >= 15 is 0 Å². The van der Waals surface area contributed by atoms with Gasteiger partial charge in [-0.2, -0.15) is 5.26 Å². The van der Waals surface area contributed by atoms with Gasteiger partial charge in [0.05, 0.1) is 23.6 Å². The van der Waals surface area contributed by atoms with Crippen LogP contribution in [0.1, 0.15) is 12.0 Å². The normalized spacial score (nSPS) is 18.3. The number of nitrogens with two attached hydrogens (primary N) is 1. The number of carbonyl (C=O) groups is 1. The predicted octanol–water partition coefficient (Wildman–Crippen LogP) is 3.29. The van der Waals surface area contributed by atoms with Crippen molar-refractivity contribution in [3.63, 3.8) is 0 Å². The van der Waals surface area contributed by atoms with Crippen LogP contribution in [-0.4, -0.2) is 15.9 Å². The standard InChI is InChI=1S/C20H17N5O/c1-11-4-2-3-5-14(11)17-7-12-8-18(23-10-16(12)19(22)24-17)25-20(26)15-6-13(15)9-21/h2-5,7-8,10,13,15H,6H2,1H3,(H2,22,24)(H,23,25,26)/t13-,15+/m1/s1. The highest BCUT2D eigenvalue weighted by atomic mass is 16.2. The van der Waals surface area contributed by atoms with Crippen molar-refractivity contribution < 1.29 is 4.79 Å². The molecule has 1 amide bonds. The van der Waals surface area contributed by atoms with Gasteiger partial charge in [-0.3, -0.25) is 4.79 Å². The molecule has 1 aromatic carbocycles. The van der Waals surface area contributed by atoms with E-state index < -0.39 is 0 Å². The molecule has 0 aliphatic heterocycles. The van der Waals surface area contributed by atoms with Gasteiger partial charge < -0.3 is 11.1 Å². The van der Waals surface area contributed by atoms with Gasteiger partial charge in [-0.15, -0.1) is 0 Å². The maximum atomic E-state index is 12.1. The summed E-state index contributed by atoms with van der Waals surface area (Å²) in [6.07, 6.45) is 2.23. The van der Waals surface area contributed by atoms with E-state index in [-0.39, 0.29) is 17.7 Å². The van der Waals surface area contributed by atoms with Gasteiger partial charge >= 0.3 is 0 Å². The zero-order valence-electron chi connectivity index (χ0n) is 14.2. The molecule has 0 radical (unpaired) electrons. The van der Waals surface area contributed by atoms with Crippen LogP contribution in [0, 0.1) is 30.1 Å². The lowest BCUT2D eigenvalue weighted by atomic mass is 10.0. The fourth-order valence-corrected chi connectivity index (χ4v) is 3.09. The zero-order chi connectivity index (χ0) is 18.3. The number of nitrogens with one attached hydrogen (secondary N) is 1. The minimum atomic E-state index is -0.234. The molecular weight excluding hydrogens is 326 g/mol. The molecule has 2 heterocycles.